The maximum atomic E-state index is 11.7. The third-order valence-corrected chi connectivity index (χ3v) is 3.16. The van der Waals surface area contributed by atoms with Crippen LogP contribution in [0, 0.1) is 0 Å². The van der Waals surface area contributed by atoms with Gasteiger partial charge in [-0.3, -0.25) is 4.79 Å². The summed E-state index contributed by atoms with van der Waals surface area (Å²) in [5, 5.41) is 2.76. The van der Waals surface area contributed by atoms with E-state index in [0.29, 0.717) is 6.54 Å². The van der Waals surface area contributed by atoms with Gasteiger partial charge in [0.25, 0.3) is 0 Å². The third kappa shape index (κ3) is 2.91. The van der Waals surface area contributed by atoms with Crippen LogP contribution in [0.4, 0.5) is 0 Å². The number of hydrogen-bond acceptors (Lipinski definition) is 3. The number of furan rings is 1. The van der Waals surface area contributed by atoms with Gasteiger partial charge in [-0.2, -0.15) is 0 Å². The summed E-state index contributed by atoms with van der Waals surface area (Å²) < 4.78 is 10.6. The first kappa shape index (κ1) is 12.5. The molecule has 0 unspecified atom stereocenters. The summed E-state index contributed by atoms with van der Waals surface area (Å²) in [5.74, 6) is 1.55. The number of ether oxygens (including phenoxy) is 1. The molecule has 1 N–H and O–H groups in total. The zero-order chi connectivity index (χ0) is 13.8. The summed E-state index contributed by atoms with van der Waals surface area (Å²) >= 11 is 0. The summed E-state index contributed by atoms with van der Waals surface area (Å²) in [6.45, 7) is 1.14. The van der Waals surface area contributed by atoms with Gasteiger partial charge < -0.3 is 14.5 Å². The Morgan fingerprint density at radius 1 is 1.35 bits per heavy atom. The molecule has 0 fully saturated rings. The minimum absolute atomic E-state index is 0.141. The van der Waals surface area contributed by atoms with Crippen LogP contribution >= 0.6 is 0 Å². The molecular formula is C16H15NO3. The first-order valence-corrected chi connectivity index (χ1v) is 6.55. The summed E-state index contributed by atoms with van der Waals surface area (Å²) in [5.41, 5.74) is 2.20. The lowest BCUT2D eigenvalue weighted by molar-refractivity contribution is -0.116. The molecule has 0 radical (unpaired) electrons. The van der Waals surface area contributed by atoms with Gasteiger partial charge in [0, 0.05) is 12.5 Å². The van der Waals surface area contributed by atoms with Gasteiger partial charge in [0.15, 0.2) is 0 Å². The van der Waals surface area contributed by atoms with E-state index in [4.69, 9.17) is 9.15 Å². The van der Waals surface area contributed by atoms with Crippen molar-refractivity contribution in [2.45, 2.75) is 13.0 Å². The molecule has 0 saturated carbocycles. The maximum Gasteiger partial charge on any atom is 0.244 e. The molecule has 1 aromatic heterocycles. The molecule has 2 heterocycles. The highest BCUT2D eigenvalue weighted by Crippen LogP contribution is 2.26. The van der Waals surface area contributed by atoms with Gasteiger partial charge in [-0.05, 0) is 41.5 Å². The molecule has 20 heavy (non-hydrogen) atoms. The molecule has 1 aromatic carbocycles. The van der Waals surface area contributed by atoms with Crippen molar-refractivity contribution in [3.05, 3.63) is 59.6 Å². The number of hydrogen-bond donors (Lipinski definition) is 1. The molecule has 102 valence electrons. The van der Waals surface area contributed by atoms with E-state index in [1.165, 1.54) is 11.6 Å². The van der Waals surface area contributed by atoms with E-state index in [-0.39, 0.29) is 5.91 Å². The van der Waals surface area contributed by atoms with Crippen molar-refractivity contribution >= 4 is 12.0 Å². The van der Waals surface area contributed by atoms with E-state index in [2.05, 4.69) is 11.4 Å². The molecule has 1 aliphatic heterocycles. The minimum atomic E-state index is -0.141. The monoisotopic (exact) mass is 269 g/mol. The Balaban J connectivity index is 1.58. The molecule has 4 heteroatoms. The average Bonchev–Trinajstić information content (AvgIpc) is 3.13. The smallest absolute Gasteiger partial charge is 0.244 e. The fourth-order valence-electron chi connectivity index (χ4n) is 2.13. The Kier molecular flexibility index (Phi) is 3.54. The summed E-state index contributed by atoms with van der Waals surface area (Å²) in [7, 11) is 0. The van der Waals surface area contributed by atoms with Crippen molar-refractivity contribution in [3.63, 3.8) is 0 Å². The lowest BCUT2D eigenvalue weighted by atomic mass is 10.1. The molecule has 0 atom stereocenters. The predicted octanol–water partition coefficient (Wildman–Crippen LogP) is 2.54. The van der Waals surface area contributed by atoms with E-state index in [9.17, 15) is 4.79 Å². The van der Waals surface area contributed by atoms with Crippen molar-refractivity contribution in [1.29, 1.82) is 0 Å². The second kappa shape index (κ2) is 5.65. The van der Waals surface area contributed by atoms with Crippen LogP contribution in [-0.4, -0.2) is 12.5 Å². The topological polar surface area (TPSA) is 51.5 Å². The molecular weight excluding hydrogens is 254 g/mol. The summed E-state index contributed by atoms with van der Waals surface area (Å²) in [6.07, 6.45) is 5.85. The standard InChI is InChI=1S/C16H15NO3/c18-16(17-11-14-2-1-8-19-14)6-4-12-3-5-15-13(10-12)7-9-20-15/h1-6,8,10H,7,9,11H2,(H,17,18)/b6-4+. The highest BCUT2D eigenvalue weighted by atomic mass is 16.5. The quantitative estimate of drug-likeness (QED) is 0.868. The number of rotatable bonds is 4. The van der Waals surface area contributed by atoms with Gasteiger partial charge in [-0.15, -0.1) is 0 Å². The Morgan fingerprint density at radius 2 is 2.30 bits per heavy atom. The van der Waals surface area contributed by atoms with E-state index < -0.39 is 0 Å². The summed E-state index contributed by atoms with van der Waals surface area (Å²) in [4.78, 5) is 11.7. The third-order valence-electron chi connectivity index (χ3n) is 3.16. The van der Waals surface area contributed by atoms with Crippen LogP contribution in [-0.2, 0) is 17.8 Å². The molecule has 0 bridgehead atoms. The number of benzene rings is 1. The largest absolute Gasteiger partial charge is 0.493 e. The summed E-state index contributed by atoms with van der Waals surface area (Å²) in [6, 6.07) is 9.57. The van der Waals surface area contributed by atoms with Crippen molar-refractivity contribution in [1.82, 2.24) is 5.32 Å². The minimum Gasteiger partial charge on any atom is -0.493 e. The van der Waals surface area contributed by atoms with Gasteiger partial charge in [0.05, 0.1) is 19.4 Å². The van der Waals surface area contributed by atoms with Gasteiger partial charge >= 0.3 is 0 Å². The van der Waals surface area contributed by atoms with Gasteiger partial charge in [-0.25, -0.2) is 0 Å². The van der Waals surface area contributed by atoms with Crippen LogP contribution in [0.2, 0.25) is 0 Å². The number of carbonyl (C=O) groups is 1. The normalized spacial score (nSPS) is 13.2. The second-order valence-electron chi connectivity index (χ2n) is 4.60. The highest BCUT2D eigenvalue weighted by molar-refractivity contribution is 5.91. The van der Waals surface area contributed by atoms with Crippen LogP contribution in [0.5, 0.6) is 5.75 Å². The van der Waals surface area contributed by atoms with Gasteiger partial charge in [0.2, 0.25) is 5.91 Å². The molecule has 2 aromatic rings. The Bertz CT molecular complexity index is 629. The van der Waals surface area contributed by atoms with Crippen LogP contribution < -0.4 is 10.1 Å². The zero-order valence-corrected chi connectivity index (χ0v) is 11.0. The van der Waals surface area contributed by atoms with Crippen molar-refractivity contribution in [2.75, 3.05) is 6.61 Å². The van der Waals surface area contributed by atoms with Crippen LogP contribution in [0.15, 0.2) is 47.1 Å². The molecule has 1 aliphatic rings. The number of fused-ring (bicyclic) bond motifs is 1. The Hall–Kier alpha value is -2.49. The Morgan fingerprint density at radius 3 is 3.15 bits per heavy atom. The first-order valence-electron chi connectivity index (χ1n) is 6.55. The Labute approximate surface area is 117 Å². The molecule has 0 aliphatic carbocycles. The lowest BCUT2D eigenvalue weighted by Gasteiger charge is -2.00. The fraction of sp³-hybridized carbons (Fsp3) is 0.188. The number of nitrogens with one attached hydrogen (secondary N) is 1. The van der Waals surface area contributed by atoms with Crippen molar-refractivity contribution in [3.8, 4) is 5.75 Å². The van der Waals surface area contributed by atoms with E-state index in [0.717, 1.165) is 30.1 Å². The average molecular weight is 269 g/mol. The van der Waals surface area contributed by atoms with Crippen molar-refractivity contribution in [2.24, 2.45) is 0 Å². The molecule has 4 nitrogen and oxygen atoms in total. The zero-order valence-electron chi connectivity index (χ0n) is 11.0. The van der Waals surface area contributed by atoms with E-state index in [1.807, 2.05) is 18.2 Å². The van der Waals surface area contributed by atoms with Crippen LogP contribution in [0.3, 0.4) is 0 Å². The van der Waals surface area contributed by atoms with Crippen LogP contribution in [0.25, 0.3) is 6.08 Å². The molecule has 3 rings (SSSR count). The first-order chi connectivity index (χ1) is 9.81. The number of amides is 1. The van der Waals surface area contributed by atoms with Gasteiger partial charge in [0.1, 0.15) is 11.5 Å². The molecule has 0 spiro atoms. The second-order valence-corrected chi connectivity index (χ2v) is 4.60. The highest BCUT2D eigenvalue weighted by Gasteiger charge is 2.11. The maximum absolute atomic E-state index is 11.7. The lowest BCUT2D eigenvalue weighted by Crippen LogP contribution is -2.19. The fourth-order valence-corrected chi connectivity index (χ4v) is 2.13. The van der Waals surface area contributed by atoms with E-state index >= 15 is 0 Å². The predicted molar refractivity (Wildman–Crippen MR) is 75.2 cm³/mol. The number of carbonyl (C=O) groups excluding carboxylic acids is 1. The van der Waals surface area contributed by atoms with E-state index in [1.54, 1.807) is 18.4 Å². The van der Waals surface area contributed by atoms with Crippen molar-refractivity contribution < 1.29 is 13.9 Å². The van der Waals surface area contributed by atoms with Crippen LogP contribution in [0.1, 0.15) is 16.9 Å². The van der Waals surface area contributed by atoms with Gasteiger partial charge in [-0.1, -0.05) is 6.07 Å². The SMILES string of the molecule is O=C(/C=C/c1ccc2c(c1)CCO2)NCc1ccco1. The molecule has 1 amide bonds. The molecule has 0 saturated heterocycles.